The number of rotatable bonds is 2. The number of aromatic hydroxyl groups is 1. The molecule has 2 rings (SSSR count). The quantitative estimate of drug-likeness (QED) is 0.482. The number of fused-ring (bicyclic) bond motifs is 1. The Morgan fingerprint density at radius 1 is 1.53 bits per heavy atom. The maximum absolute atomic E-state index is 9.40. The fourth-order valence-electron chi connectivity index (χ4n) is 1.15. The van der Waals surface area contributed by atoms with Gasteiger partial charge in [-0.1, -0.05) is 11.6 Å². The SMILES string of the molecule is Oc1cnc2c(ccn2SP(I)I)c1Cl. The molecule has 2 aromatic rings. The Morgan fingerprint density at radius 2 is 2.27 bits per heavy atom. The highest BCUT2D eigenvalue weighted by Gasteiger charge is 2.11. The summed E-state index contributed by atoms with van der Waals surface area (Å²) < 4.78 is 1.81. The second-order valence-corrected chi connectivity index (χ2v) is 20.8. The molecule has 0 aliphatic carbocycles. The van der Waals surface area contributed by atoms with E-state index < -0.39 is 0 Å². The van der Waals surface area contributed by atoms with Gasteiger partial charge in [0.15, 0.2) is 11.4 Å². The van der Waals surface area contributed by atoms with E-state index in [1.165, 1.54) is 6.20 Å². The molecule has 80 valence electrons. The first-order chi connectivity index (χ1) is 7.09. The lowest BCUT2D eigenvalue weighted by atomic mass is 10.3. The molecule has 0 spiro atoms. The van der Waals surface area contributed by atoms with Gasteiger partial charge in [0.1, 0.15) is 2.41 Å². The van der Waals surface area contributed by atoms with Crippen molar-refractivity contribution in [1.82, 2.24) is 8.96 Å². The molecule has 0 atom stereocenters. The lowest BCUT2D eigenvalue weighted by Crippen LogP contribution is -1.84. The molecule has 0 bridgehead atoms. The van der Waals surface area contributed by atoms with Crippen molar-refractivity contribution in [3.8, 4) is 5.75 Å². The molecule has 0 fully saturated rings. The van der Waals surface area contributed by atoms with E-state index in [0.29, 0.717) is 5.02 Å². The van der Waals surface area contributed by atoms with Crippen LogP contribution in [0.15, 0.2) is 18.5 Å². The van der Waals surface area contributed by atoms with Crippen molar-refractivity contribution in [2.24, 2.45) is 0 Å². The summed E-state index contributed by atoms with van der Waals surface area (Å²) >= 11 is 12.4. The molecule has 3 nitrogen and oxygen atoms in total. The minimum Gasteiger partial charge on any atom is -0.505 e. The number of hydrogen-bond acceptors (Lipinski definition) is 3. The highest BCUT2D eigenvalue weighted by atomic mass is 127. The average Bonchev–Trinajstić information content (AvgIpc) is 2.55. The zero-order chi connectivity index (χ0) is 11.0. The van der Waals surface area contributed by atoms with E-state index >= 15 is 0 Å². The van der Waals surface area contributed by atoms with E-state index in [9.17, 15) is 5.11 Å². The van der Waals surface area contributed by atoms with Gasteiger partial charge in [0, 0.05) is 23.2 Å². The van der Waals surface area contributed by atoms with E-state index in [0.717, 1.165) is 11.0 Å². The topological polar surface area (TPSA) is 38.1 Å². The first kappa shape index (κ1) is 12.5. The van der Waals surface area contributed by atoms with Crippen molar-refractivity contribution < 1.29 is 5.11 Å². The van der Waals surface area contributed by atoms with Gasteiger partial charge in [0.25, 0.3) is 0 Å². The third kappa shape index (κ3) is 2.65. The van der Waals surface area contributed by atoms with Gasteiger partial charge in [-0.25, -0.2) is 4.98 Å². The fourth-order valence-corrected chi connectivity index (χ4v) is 6.03. The Labute approximate surface area is 123 Å². The fraction of sp³-hybridized carbons (Fsp3) is 0. The highest BCUT2D eigenvalue weighted by molar-refractivity contribution is 14.3. The number of pyridine rings is 1. The Hall–Kier alpha value is 1.02. The molecule has 2 heterocycles. The summed E-state index contributed by atoms with van der Waals surface area (Å²) in [5, 5.41) is 10.6. The van der Waals surface area contributed by atoms with Crippen molar-refractivity contribution >= 4 is 80.7 Å². The van der Waals surface area contributed by atoms with E-state index in [1.807, 2.05) is 16.2 Å². The number of hydrogen-bond donors (Lipinski definition) is 1. The van der Waals surface area contributed by atoms with Crippen molar-refractivity contribution in [2.75, 3.05) is 0 Å². The smallest absolute Gasteiger partial charge is 0.153 e. The molecule has 1 N–H and O–H groups in total. The lowest BCUT2D eigenvalue weighted by molar-refractivity contribution is 0.474. The van der Waals surface area contributed by atoms with Crippen LogP contribution in [-0.4, -0.2) is 14.1 Å². The van der Waals surface area contributed by atoms with Gasteiger partial charge in [-0.3, -0.25) is 3.97 Å². The molecule has 0 unspecified atom stereocenters. The van der Waals surface area contributed by atoms with Gasteiger partial charge < -0.3 is 5.11 Å². The zero-order valence-corrected chi connectivity index (χ0v) is 13.8. The van der Waals surface area contributed by atoms with Gasteiger partial charge in [0.2, 0.25) is 0 Å². The van der Waals surface area contributed by atoms with Gasteiger partial charge >= 0.3 is 0 Å². The van der Waals surface area contributed by atoms with Gasteiger partial charge in [-0.2, -0.15) is 0 Å². The summed E-state index contributed by atoms with van der Waals surface area (Å²) in [7, 11) is 0. The van der Waals surface area contributed by atoms with Crippen LogP contribution >= 0.6 is 69.7 Å². The van der Waals surface area contributed by atoms with Crippen LogP contribution in [0.1, 0.15) is 0 Å². The molecule has 8 heteroatoms. The van der Waals surface area contributed by atoms with Crippen LogP contribution in [0, 0.1) is 0 Å². The van der Waals surface area contributed by atoms with Crippen LogP contribution in [0.3, 0.4) is 0 Å². The average molecular weight is 484 g/mol. The van der Waals surface area contributed by atoms with Crippen LogP contribution in [0.5, 0.6) is 5.75 Å². The maximum atomic E-state index is 9.40. The number of nitrogens with zero attached hydrogens (tertiary/aromatic N) is 2. The first-order valence-corrected chi connectivity index (χ1v) is 12.4. The van der Waals surface area contributed by atoms with E-state index in [4.69, 9.17) is 11.6 Å². The summed E-state index contributed by atoms with van der Waals surface area (Å²) in [5.41, 5.74) is 0.795. The predicted octanol–water partition coefficient (Wildman–Crippen LogP) is 4.99. The van der Waals surface area contributed by atoms with Crippen molar-refractivity contribution in [3.05, 3.63) is 23.5 Å². The summed E-state index contributed by atoms with van der Waals surface area (Å²) in [6.07, 6.45) is 3.30. The zero-order valence-electron chi connectivity index (χ0n) is 7.06. The minimum atomic E-state index is -0.167. The summed E-state index contributed by atoms with van der Waals surface area (Å²) in [5.74, 6) is 0.0260. The van der Waals surface area contributed by atoms with E-state index in [1.54, 1.807) is 11.6 Å². The lowest BCUT2D eigenvalue weighted by Gasteiger charge is -2.04. The van der Waals surface area contributed by atoms with E-state index in [2.05, 4.69) is 49.1 Å². The second-order valence-electron chi connectivity index (χ2n) is 2.62. The van der Waals surface area contributed by atoms with Crippen LogP contribution in [0.4, 0.5) is 0 Å². The molecule has 0 aromatic carbocycles. The molecular formula is C7H4ClI2N2OPS. The van der Waals surface area contributed by atoms with Crippen LogP contribution in [0.2, 0.25) is 5.02 Å². The minimum absolute atomic E-state index is 0.0260. The monoisotopic (exact) mass is 484 g/mol. The first-order valence-electron chi connectivity index (χ1n) is 3.74. The third-order valence-corrected chi connectivity index (χ3v) is 6.81. The Bertz CT molecular complexity index is 507. The molecule has 0 amide bonds. The Balaban J connectivity index is 2.57. The molecule has 15 heavy (non-hydrogen) atoms. The van der Waals surface area contributed by atoms with Crippen LogP contribution in [0.25, 0.3) is 11.0 Å². The van der Waals surface area contributed by atoms with Crippen molar-refractivity contribution in [3.63, 3.8) is 0 Å². The molecule has 0 radical (unpaired) electrons. The van der Waals surface area contributed by atoms with Gasteiger partial charge in [-0.05, 0) is 50.1 Å². The van der Waals surface area contributed by atoms with Gasteiger partial charge in [0.05, 0.1) is 11.2 Å². The summed E-state index contributed by atoms with van der Waals surface area (Å²) in [6.45, 7) is 0. The molecule has 0 aliphatic rings. The van der Waals surface area contributed by atoms with Crippen molar-refractivity contribution in [2.45, 2.75) is 0 Å². The Morgan fingerprint density at radius 3 is 2.93 bits per heavy atom. The second kappa shape index (κ2) is 5.12. The summed E-state index contributed by atoms with van der Waals surface area (Å²) in [6, 6.07) is 1.86. The predicted molar refractivity (Wildman–Crippen MR) is 84.4 cm³/mol. The molecule has 2 aromatic heterocycles. The number of aromatic nitrogens is 2. The normalized spacial score (nSPS) is 11.5. The molecule has 0 saturated carbocycles. The van der Waals surface area contributed by atoms with Crippen molar-refractivity contribution in [1.29, 1.82) is 0 Å². The maximum Gasteiger partial charge on any atom is 0.153 e. The third-order valence-electron chi connectivity index (χ3n) is 1.75. The van der Waals surface area contributed by atoms with Gasteiger partial charge in [-0.15, -0.1) is 0 Å². The van der Waals surface area contributed by atoms with E-state index in [-0.39, 0.29) is 8.16 Å². The highest BCUT2D eigenvalue weighted by Crippen LogP contribution is 2.65. The van der Waals surface area contributed by atoms with Crippen LogP contribution in [-0.2, 0) is 0 Å². The molecule has 0 saturated heterocycles. The Kier molecular flexibility index (Phi) is 4.26. The molecular weight excluding hydrogens is 480 g/mol. The summed E-state index contributed by atoms with van der Waals surface area (Å²) in [4.78, 5) is 4.17. The largest absolute Gasteiger partial charge is 0.505 e. The van der Waals surface area contributed by atoms with Crippen LogP contribution < -0.4 is 0 Å². The standard InChI is InChI=1S/C7H4ClI2N2OPS/c8-6-4-1-2-12(15-14(9)10)7(4)11-3-5(6)13/h1-3,13H. The molecule has 0 aliphatic heterocycles. The number of halogens is 3.